The van der Waals surface area contributed by atoms with Crippen LogP contribution in [0.3, 0.4) is 0 Å². The maximum atomic E-state index is 13.8. The second-order valence-corrected chi connectivity index (χ2v) is 10.7. The Morgan fingerprint density at radius 1 is 1.02 bits per heavy atom. The van der Waals surface area contributed by atoms with E-state index in [-0.39, 0.29) is 49.4 Å². The molecule has 3 aliphatic rings. The van der Waals surface area contributed by atoms with Crippen molar-refractivity contribution in [2.24, 2.45) is 0 Å². The van der Waals surface area contributed by atoms with Crippen molar-refractivity contribution in [2.75, 3.05) is 20.3 Å². The molecule has 2 atom stereocenters. The van der Waals surface area contributed by atoms with E-state index in [1.54, 1.807) is 24.3 Å². The third-order valence-electron chi connectivity index (χ3n) is 7.93. The summed E-state index contributed by atoms with van der Waals surface area (Å²) in [6.07, 6.45) is -3.48. The van der Waals surface area contributed by atoms with Crippen LogP contribution in [0.2, 0.25) is 0 Å². The van der Waals surface area contributed by atoms with E-state index in [9.17, 15) is 23.5 Å². The summed E-state index contributed by atoms with van der Waals surface area (Å²) in [5.41, 5.74) is 1.22. The number of aliphatic hydroxyl groups is 1. The van der Waals surface area contributed by atoms with Crippen molar-refractivity contribution in [1.82, 2.24) is 10.2 Å². The Labute approximate surface area is 240 Å². The number of carbonyl (C=O) groups is 2. The SMILES string of the molecule is COc1ccc2c(c1)O[C@@H](C(=O)N(CCO)Cc1ccccc1)C[C@H]2NC(=O)C1(c2ccc3c(c2)OC(F)(F)O3)CC1. The Morgan fingerprint density at radius 3 is 2.50 bits per heavy atom. The molecular weight excluding hydrogens is 550 g/mol. The minimum Gasteiger partial charge on any atom is -0.497 e. The van der Waals surface area contributed by atoms with Gasteiger partial charge in [-0.25, -0.2) is 0 Å². The highest BCUT2D eigenvalue weighted by Crippen LogP contribution is 2.52. The van der Waals surface area contributed by atoms with E-state index in [0.29, 0.717) is 35.5 Å². The van der Waals surface area contributed by atoms with E-state index in [1.807, 2.05) is 30.3 Å². The van der Waals surface area contributed by atoms with Crippen LogP contribution in [0.15, 0.2) is 66.7 Å². The van der Waals surface area contributed by atoms with Gasteiger partial charge in [0.1, 0.15) is 11.5 Å². The molecule has 3 aromatic rings. The van der Waals surface area contributed by atoms with Gasteiger partial charge >= 0.3 is 6.29 Å². The number of amides is 2. The quantitative estimate of drug-likeness (QED) is 0.393. The van der Waals surface area contributed by atoms with Crippen molar-refractivity contribution in [3.8, 4) is 23.0 Å². The summed E-state index contributed by atoms with van der Waals surface area (Å²) in [6.45, 7) is 0.177. The second-order valence-electron chi connectivity index (χ2n) is 10.7. The molecule has 2 N–H and O–H groups in total. The summed E-state index contributed by atoms with van der Waals surface area (Å²) in [5, 5.41) is 12.8. The fourth-order valence-electron chi connectivity index (χ4n) is 5.57. The lowest BCUT2D eigenvalue weighted by Crippen LogP contribution is -2.48. The smallest absolute Gasteiger partial charge is 0.497 e. The second kappa shape index (κ2) is 10.8. The molecule has 2 amide bonds. The highest BCUT2D eigenvalue weighted by Gasteiger charge is 2.53. The van der Waals surface area contributed by atoms with Gasteiger partial charge < -0.3 is 34.3 Å². The Hall–Kier alpha value is -4.38. The largest absolute Gasteiger partial charge is 0.586 e. The predicted molar refractivity (Wildman–Crippen MR) is 145 cm³/mol. The zero-order valence-corrected chi connectivity index (χ0v) is 22.8. The molecule has 6 rings (SSSR count). The Balaban J connectivity index is 1.25. The third-order valence-corrected chi connectivity index (χ3v) is 7.93. The number of rotatable bonds is 9. The molecule has 11 heteroatoms. The molecule has 0 radical (unpaired) electrons. The van der Waals surface area contributed by atoms with Gasteiger partial charge in [-0.15, -0.1) is 8.78 Å². The molecule has 0 bridgehead atoms. The number of nitrogens with one attached hydrogen (secondary N) is 1. The molecule has 1 aliphatic carbocycles. The van der Waals surface area contributed by atoms with Gasteiger partial charge in [0.2, 0.25) is 5.91 Å². The monoisotopic (exact) mass is 580 g/mol. The summed E-state index contributed by atoms with van der Waals surface area (Å²) in [5.74, 6) is 0.120. The molecular formula is C31H30F2N2O7. The van der Waals surface area contributed by atoms with Gasteiger partial charge in [0.15, 0.2) is 17.6 Å². The summed E-state index contributed by atoms with van der Waals surface area (Å²) in [4.78, 5) is 29.1. The van der Waals surface area contributed by atoms with Crippen molar-refractivity contribution >= 4 is 11.8 Å². The lowest BCUT2D eigenvalue weighted by Gasteiger charge is -2.35. The number of nitrogens with zero attached hydrogens (tertiary/aromatic N) is 1. The summed E-state index contributed by atoms with van der Waals surface area (Å²) >= 11 is 0. The van der Waals surface area contributed by atoms with E-state index in [2.05, 4.69) is 14.8 Å². The Bertz CT molecular complexity index is 1500. The minimum atomic E-state index is -3.75. The normalized spacial score (nSPS) is 20.6. The predicted octanol–water partition coefficient (Wildman–Crippen LogP) is 4.08. The standard InChI is InChI=1S/C31H30F2N2O7/c1-39-21-8-9-22-23(34-29(38)30(11-12-30)20-7-10-24-26(15-20)42-31(32,33)41-24)17-27(40-25(22)16-21)28(37)35(13-14-36)18-19-5-3-2-4-6-19/h2-10,15-16,23,27,36H,11-14,17-18H2,1H3,(H,34,38)/t23-,27-/m1/s1. The van der Waals surface area contributed by atoms with Crippen molar-refractivity contribution in [3.05, 3.63) is 83.4 Å². The number of methoxy groups -OCH3 is 1. The van der Waals surface area contributed by atoms with Gasteiger partial charge in [-0.1, -0.05) is 36.4 Å². The lowest BCUT2D eigenvalue weighted by molar-refractivity contribution is -0.286. The number of halogens is 2. The summed E-state index contributed by atoms with van der Waals surface area (Å²) < 4.78 is 47.8. The first-order valence-electron chi connectivity index (χ1n) is 13.7. The van der Waals surface area contributed by atoms with Gasteiger partial charge in [0.25, 0.3) is 5.91 Å². The molecule has 0 saturated heterocycles. The highest BCUT2D eigenvalue weighted by molar-refractivity contribution is 5.92. The van der Waals surface area contributed by atoms with Gasteiger partial charge in [-0.2, -0.15) is 0 Å². The first-order chi connectivity index (χ1) is 20.2. The molecule has 1 saturated carbocycles. The molecule has 0 spiro atoms. The van der Waals surface area contributed by atoms with Gasteiger partial charge in [-0.3, -0.25) is 9.59 Å². The average Bonchev–Trinajstić information content (AvgIpc) is 3.73. The van der Waals surface area contributed by atoms with E-state index in [1.165, 1.54) is 24.1 Å². The van der Waals surface area contributed by atoms with Crippen LogP contribution < -0.4 is 24.3 Å². The molecule has 0 aromatic heterocycles. The van der Waals surface area contributed by atoms with Crippen LogP contribution in [0.25, 0.3) is 0 Å². The third kappa shape index (κ3) is 5.32. The van der Waals surface area contributed by atoms with E-state index < -0.39 is 23.9 Å². The maximum absolute atomic E-state index is 13.8. The van der Waals surface area contributed by atoms with Crippen molar-refractivity contribution in [3.63, 3.8) is 0 Å². The zero-order valence-electron chi connectivity index (χ0n) is 22.8. The first-order valence-corrected chi connectivity index (χ1v) is 13.7. The average molecular weight is 581 g/mol. The minimum absolute atomic E-state index is 0.0865. The zero-order chi connectivity index (χ0) is 29.5. The van der Waals surface area contributed by atoms with Crippen LogP contribution in [0.1, 0.15) is 42.0 Å². The number of ether oxygens (including phenoxy) is 4. The van der Waals surface area contributed by atoms with Crippen LogP contribution >= 0.6 is 0 Å². The molecule has 42 heavy (non-hydrogen) atoms. The first kappa shape index (κ1) is 27.8. The van der Waals surface area contributed by atoms with Gasteiger partial charge in [0, 0.05) is 31.1 Å². The summed E-state index contributed by atoms with van der Waals surface area (Å²) in [6, 6.07) is 18.5. The lowest BCUT2D eigenvalue weighted by atomic mass is 9.91. The van der Waals surface area contributed by atoms with Crippen LogP contribution in [0.5, 0.6) is 23.0 Å². The van der Waals surface area contributed by atoms with Crippen LogP contribution in [0, 0.1) is 0 Å². The number of alkyl halides is 2. The maximum Gasteiger partial charge on any atom is 0.586 e. The molecule has 9 nitrogen and oxygen atoms in total. The Morgan fingerprint density at radius 2 is 1.79 bits per heavy atom. The number of hydrogen-bond donors (Lipinski definition) is 2. The number of hydrogen-bond acceptors (Lipinski definition) is 7. The fourth-order valence-corrected chi connectivity index (χ4v) is 5.57. The van der Waals surface area contributed by atoms with Crippen LogP contribution in [-0.4, -0.2) is 54.5 Å². The van der Waals surface area contributed by atoms with Crippen LogP contribution in [-0.2, 0) is 21.5 Å². The van der Waals surface area contributed by atoms with Crippen LogP contribution in [0.4, 0.5) is 8.78 Å². The van der Waals surface area contributed by atoms with Crippen molar-refractivity contribution in [2.45, 2.75) is 49.7 Å². The number of fused-ring (bicyclic) bond motifs is 2. The van der Waals surface area contributed by atoms with E-state index in [0.717, 1.165) is 5.56 Å². The molecule has 3 aromatic carbocycles. The summed E-state index contributed by atoms with van der Waals surface area (Å²) in [7, 11) is 1.52. The molecule has 2 heterocycles. The number of carbonyl (C=O) groups excluding carboxylic acids is 2. The van der Waals surface area contributed by atoms with Gasteiger partial charge in [-0.05, 0) is 48.2 Å². The van der Waals surface area contributed by atoms with Gasteiger partial charge in [0.05, 0.1) is 25.2 Å². The Kier molecular flexibility index (Phi) is 7.14. The molecule has 0 unspecified atom stereocenters. The topological polar surface area (TPSA) is 107 Å². The van der Waals surface area contributed by atoms with Crippen molar-refractivity contribution < 1.29 is 42.4 Å². The van der Waals surface area contributed by atoms with E-state index >= 15 is 0 Å². The molecule has 220 valence electrons. The number of benzene rings is 3. The fraction of sp³-hybridized carbons (Fsp3) is 0.355. The molecule has 2 aliphatic heterocycles. The number of aliphatic hydroxyl groups excluding tert-OH is 1. The van der Waals surface area contributed by atoms with E-state index in [4.69, 9.17) is 9.47 Å². The van der Waals surface area contributed by atoms with Crippen molar-refractivity contribution in [1.29, 1.82) is 0 Å². The highest BCUT2D eigenvalue weighted by atomic mass is 19.3. The molecule has 1 fully saturated rings.